The van der Waals surface area contributed by atoms with Gasteiger partial charge in [0.2, 0.25) is 0 Å². The molecular weight excluding hydrogens is 504 g/mol. The van der Waals surface area contributed by atoms with Gasteiger partial charge in [0.25, 0.3) is 11.8 Å². The highest BCUT2D eigenvalue weighted by Crippen LogP contribution is 2.32. The quantitative estimate of drug-likeness (QED) is 0.111. The van der Waals surface area contributed by atoms with Crippen LogP contribution in [-0.4, -0.2) is 38.8 Å². The van der Waals surface area contributed by atoms with Crippen LogP contribution in [0.25, 0.3) is 23.0 Å². The summed E-state index contributed by atoms with van der Waals surface area (Å²) < 4.78 is 1.80. The fourth-order valence-corrected chi connectivity index (χ4v) is 5.31. The Labute approximate surface area is 235 Å². The van der Waals surface area contributed by atoms with Crippen molar-refractivity contribution in [2.45, 2.75) is 57.8 Å². The molecule has 2 heterocycles. The Morgan fingerprint density at radius 2 is 1.69 bits per heavy atom. The summed E-state index contributed by atoms with van der Waals surface area (Å²) in [6.45, 7) is 6.26. The maximum atomic E-state index is 13.6. The molecule has 0 aliphatic carbocycles. The number of carbonyl (C=O) groups excluding carboxylic acids is 2. The zero-order valence-electron chi connectivity index (χ0n) is 22.8. The molecule has 1 aromatic heterocycles. The Kier molecular flexibility index (Phi) is 9.56. The molecule has 4 rings (SSSR count). The van der Waals surface area contributed by atoms with Crippen molar-refractivity contribution in [2.24, 2.45) is 0 Å². The second-order valence-electron chi connectivity index (χ2n) is 9.58. The summed E-state index contributed by atoms with van der Waals surface area (Å²) >= 11 is 1.82. The van der Waals surface area contributed by atoms with Crippen molar-refractivity contribution >= 4 is 29.7 Å². The number of thioether (sulfide) groups is 1. The first kappa shape index (κ1) is 28.1. The van der Waals surface area contributed by atoms with Crippen molar-refractivity contribution in [1.29, 1.82) is 5.26 Å². The van der Waals surface area contributed by atoms with Crippen LogP contribution in [0.4, 0.5) is 0 Å². The minimum Gasteiger partial charge on any atom is -0.274 e. The number of hydrogen-bond donors (Lipinski definition) is 0. The molecule has 200 valence electrons. The number of benzene rings is 2. The van der Waals surface area contributed by atoms with Gasteiger partial charge in [-0.25, -0.2) is 4.68 Å². The third-order valence-corrected chi connectivity index (χ3v) is 7.94. The number of amides is 2. The van der Waals surface area contributed by atoms with Gasteiger partial charge in [0.05, 0.1) is 11.4 Å². The van der Waals surface area contributed by atoms with Crippen LogP contribution < -0.4 is 0 Å². The van der Waals surface area contributed by atoms with Crippen LogP contribution in [0.15, 0.2) is 82.4 Å². The predicted molar refractivity (Wildman–Crippen MR) is 157 cm³/mol. The second kappa shape index (κ2) is 13.3. The van der Waals surface area contributed by atoms with Crippen LogP contribution in [0.2, 0.25) is 0 Å². The lowest BCUT2D eigenvalue weighted by molar-refractivity contribution is -0.140. The van der Waals surface area contributed by atoms with E-state index in [9.17, 15) is 14.9 Å². The fourth-order valence-electron chi connectivity index (χ4n) is 4.54. The van der Waals surface area contributed by atoms with Crippen LogP contribution in [-0.2, 0) is 9.59 Å². The van der Waals surface area contributed by atoms with E-state index in [0.717, 1.165) is 60.4 Å². The van der Waals surface area contributed by atoms with E-state index in [1.807, 2.05) is 66.5 Å². The molecule has 0 spiro atoms. The van der Waals surface area contributed by atoms with Crippen LogP contribution in [0.5, 0.6) is 0 Å². The minimum atomic E-state index is -0.506. The number of aromatic nitrogens is 2. The van der Waals surface area contributed by atoms with Gasteiger partial charge in [0, 0.05) is 34.3 Å². The average molecular weight is 539 g/mol. The molecule has 7 heteroatoms. The number of nitriles is 1. The molecule has 39 heavy (non-hydrogen) atoms. The van der Waals surface area contributed by atoms with E-state index in [1.165, 1.54) is 9.80 Å². The Morgan fingerprint density at radius 1 is 0.949 bits per heavy atom. The van der Waals surface area contributed by atoms with E-state index in [1.54, 1.807) is 17.7 Å². The number of hydrogen-bond acceptors (Lipinski definition) is 5. The summed E-state index contributed by atoms with van der Waals surface area (Å²) in [6.07, 6.45) is 8.52. The van der Waals surface area contributed by atoms with Gasteiger partial charge < -0.3 is 0 Å². The van der Waals surface area contributed by atoms with E-state index in [2.05, 4.69) is 26.0 Å². The topological polar surface area (TPSA) is 79.0 Å². The Balaban J connectivity index is 1.79. The minimum absolute atomic E-state index is 0.0191. The first-order chi connectivity index (χ1) is 19.0. The van der Waals surface area contributed by atoms with Gasteiger partial charge in [-0.05, 0) is 61.4 Å². The monoisotopic (exact) mass is 538 g/mol. The molecule has 2 amide bonds. The van der Waals surface area contributed by atoms with Gasteiger partial charge in [-0.15, -0.1) is 11.8 Å². The van der Waals surface area contributed by atoms with Crippen molar-refractivity contribution in [1.82, 2.24) is 14.7 Å². The third-order valence-electron chi connectivity index (χ3n) is 6.72. The number of imide groups is 1. The van der Waals surface area contributed by atoms with Gasteiger partial charge in [-0.1, -0.05) is 63.4 Å². The smallest absolute Gasteiger partial charge is 0.271 e. The third kappa shape index (κ3) is 6.40. The van der Waals surface area contributed by atoms with Crippen LogP contribution in [0, 0.1) is 11.3 Å². The number of unbranched alkanes of at least 4 members (excludes halogenated alkanes) is 3. The molecule has 6 nitrogen and oxygen atoms in total. The maximum Gasteiger partial charge on any atom is 0.271 e. The molecule has 0 atom stereocenters. The van der Waals surface area contributed by atoms with Gasteiger partial charge in [-0.3, -0.25) is 14.5 Å². The van der Waals surface area contributed by atoms with Gasteiger partial charge >= 0.3 is 0 Å². The lowest BCUT2D eigenvalue weighted by Crippen LogP contribution is -2.43. The van der Waals surface area contributed by atoms with E-state index >= 15 is 0 Å². The van der Waals surface area contributed by atoms with E-state index in [4.69, 9.17) is 5.10 Å². The standard InChI is InChI=1S/C32H34N4O2S/c1-4-6-7-11-18-35-31(37)28(23(3)29(21-33)32(35)38)20-25-22-36(26-12-9-8-10-13-26)34-30(25)24-14-16-27(17-15-24)39-19-5-2/h8-10,12-17,20,22H,4-7,11,18-19H2,1-3H3/b28-20+. The summed E-state index contributed by atoms with van der Waals surface area (Å²) in [5.74, 6) is 0.189. The van der Waals surface area contributed by atoms with Crippen molar-refractivity contribution in [3.63, 3.8) is 0 Å². The van der Waals surface area contributed by atoms with E-state index in [0.29, 0.717) is 17.7 Å². The summed E-state index contributed by atoms with van der Waals surface area (Å²) in [7, 11) is 0. The zero-order valence-corrected chi connectivity index (χ0v) is 23.6. The Morgan fingerprint density at radius 3 is 2.36 bits per heavy atom. The summed E-state index contributed by atoms with van der Waals surface area (Å²) in [4.78, 5) is 29.0. The molecule has 0 saturated heterocycles. The SMILES string of the molecule is CCCCCCN1C(=O)C(C#N)=C(C)/C(=C\c2cn(-c3ccccc3)nc2-c2ccc(SCCC)cc2)C1=O. The van der Waals surface area contributed by atoms with E-state index < -0.39 is 5.91 Å². The lowest BCUT2D eigenvalue weighted by Gasteiger charge is -2.27. The molecule has 0 unspecified atom stereocenters. The lowest BCUT2D eigenvalue weighted by atomic mass is 9.93. The second-order valence-corrected chi connectivity index (χ2v) is 10.7. The number of carbonyl (C=O) groups is 2. The van der Waals surface area contributed by atoms with Crippen molar-refractivity contribution in [2.75, 3.05) is 12.3 Å². The zero-order chi connectivity index (χ0) is 27.8. The molecule has 0 saturated carbocycles. The highest BCUT2D eigenvalue weighted by molar-refractivity contribution is 7.99. The highest BCUT2D eigenvalue weighted by Gasteiger charge is 2.35. The van der Waals surface area contributed by atoms with Gasteiger partial charge in [-0.2, -0.15) is 10.4 Å². The maximum absolute atomic E-state index is 13.6. The first-order valence-corrected chi connectivity index (χ1v) is 14.5. The molecule has 0 bridgehead atoms. The average Bonchev–Trinajstić information content (AvgIpc) is 3.38. The van der Waals surface area contributed by atoms with Crippen LogP contribution in [0.1, 0.15) is 58.4 Å². The molecule has 3 aromatic rings. The molecule has 0 radical (unpaired) electrons. The highest BCUT2D eigenvalue weighted by atomic mass is 32.2. The van der Waals surface area contributed by atoms with Gasteiger partial charge in [0.1, 0.15) is 11.6 Å². The van der Waals surface area contributed by atoms with E-state index in [-0.39, 0.29) is 11.5 Å². The number of para-hydroxylation sites is 1. The Bertz CT molecular complexity index is 1430. The normalized spacial score (nSPS) is 14.8. The van der Waals surface area contributed by atoms with Crippen molar-refractivity contribution in [3.05, 3.63) is 83.1 Å². The fraction of sp³-hybridized carbons (Fsp3) is 0.312. The molecule has 2 aromatic carbocycles. The van der Waals surface area contributed by atoms with Crippen molar-refractivity contribution in [3.8, 4) is 23.0 Å². The number of rotatable bonds is 11. The largest absolute Gasteiger partial charge is 0.274 e. The van der Waals surface area contributed by atoms with Crippen LogP contribution >= 0.6 is 11.8 Å². The molecule has 1 aliphatic rings. The molecule has 0 fully saturated rings. The summed E-state index contributed by atoms with van der Waals surface area (Å²) in [6, 6.07) is 20.1. The molecular formula is C32H34N4O2S. The summed E-state index contributed by atoms with van der Waals surface area (Å²) in [5.41, 5.74) is 4.07. The van der Waals surface area contributed by atoms with Gasteiger partial charge in [0.15, 0.2) is 0 Å². The molecule has 0 N–H and O–H groups in total. The summed E-state index contributed by atoms with van der Waals surface area (Å²) in [5, 5.41) is 14.7. The Hall–Kier alpha value is -3.89. The van der Waals surface area contributed by atoms with Crippen molar-refractivity contribution < 1.29 is 9.59 Å². The van der Waals surface area contributed by atoms with Crippen LogP contribution in [0.3, 0.4) is 0 Å². The number of nitrogens with zero attached hydrogens (tertiary/aromatic N) is 4. The first-order valence-electron chi connectivity index (χ1n) is 13.6. The predicted octanol–water partition coefficient (Wildman–Crippen LogP) is 7.21. The molecule has 1 aliphatic heterocycles.